The normalized spacial score (nSPS) is 17.2. The van der Waals surface area contributed by atoms with Crippen LogP contribution in [0.25, 0.3) is 0 Å². The zero-order chi connectivity index (χ0) is 13.8. The number of rotatable bonds is 3. The maximum atomic E-state index is 11.2. The number of likely N-dealkylation sites (N-methyl/N-ethyl adjacent to an activating group) is 1. The van der Waals surface area contributed by atoms with Crippen LogP contribution >= 0.6 is 0 Å². The van der Waals surface area contributed by atoms with Crippen LogP contribution in [0.15, 0.2) is 34.5 Å². The number of hydrogen-bond donors (Lipinski definition) is 1. The van der Waals surface area contributed by atoms with Gasteiger partial charge >= 0.3 is 0 Å². The monoisotopic (exact) mass is 258 g/mol. The molecule has 0 aliphatic carbocycles. The molecule has 0 unspecified atom stereocenters. The van der Waals surface area contributed by atoms with Crippen molar-refractivity contribution in [3.8, 4) is 0 Å². The van der Waals surface area contributed by atoms with Crippen LogP contribution in [0, 0.1) is 0 Å². The van der Waals surface area contributed by atoms with Crippen molar-refractivity contribution in [2.24, 2.45) is 10.7 Å². The van der Waals surface area contributed by atoms with E-state index in [-0.39, 0.29) is 5.78 Å². The number of pyridine rings is 1. The lowest BCUT2D eigenvalue weighted by atomic mass is 10.1. The van der Waals surface area contributed by atoms with Crippen molar-refractivity contribution in [2.45, 2.75) is 13.3 Å². The molecule has 0 radical (unpaired) electrons. The largest absolute Gasteiger partial charge is 0.402 e. The van der Waals surface area contributed by atoms with Crippen molar-refractivity contribution in [1.29, 1.82) is 0 Å². The second-order valence-corrected chi connectivity index (χ2v) is 4.73. The third-order valence-electron chi connectivity index (χ3n) is 3.06. The SMILES string of the molecule is CC(=O)c1cccc(/N=C/C2=C(N)CCN(C)C2)n1. The van der Waals surface area contributed by atoms with E-state index in [9.17, 15) is 4.79 Å². The molecule has 2 heterocycles. The van der Waals surface area contributed by atoms with Crippen molar-refractivity contribution in [2.75, 3.05) is 20.1 Å². The highest BCUT2D eigenvalue weighted by Gasteiger charge is 2.12. The van der Waals surface area contributed by atoms with Gasteiger partial charge in [-0.05, 0) is 19.2 Å². The van der Waals surface area contributed by atoms with Crippen molar-refractivity contribution in [3.63, 3.8) is 0 Å². The summed E-state index contributed by atoms with van der Waals surface area (Å²) in [6.07, 6.45) is 2.61. The minimum Gasteiger partial charge on any atom is -0.402 e. The fourth-order valence-corrected chi connectivity index (χ4v) is 1.90. The van der Waals surface area contributed by atoms with Crippen LogP contribution in [0.3, 0.4) is 0 Å². The Labute approximate surface area is 112 Å². The second-order valence-electron chi connectivity index (χ2n) is 4.73. The number of ketones is 1. The molecule has 0 atom stereocenters. The minimum absolute atomic E-state index is 0.0619. The lowest BCUT2D eigenvalue weighted by Gasteiger charge is -2.23. The summed E-state index contributed by atoms with van der Waals surface area (Å²) in [6, 6.07) is 5.23. The minimum atomic E-state index is -0.0619. The molecule has 1 aromatic heterocycles. The summed E-state index contributed by atoms with van der Waals surface area (Å²) in [6.45, 7) is 3.26. The Bertz CT molecular complexity index is 548. The Morgan fingerprint density at radius 3 is 3.05 bits per heavy atom. The topological polar surface area (TPSA) is 71.6 Å². The molecule has 0 fully saturated rings. The molecule has 5 heteroatoms. The number of carbonyl (C=O) groups excluding carboxylic acids is 1. The fraction of sp³-hybridized carbons (Fsp3) is 0.357. The van der Waals surface area contributed by atoms with E-state index in [4.69, 9.17) is 5.73 Å². The zero-order valence-corrected chi connectivity index (χ0v) is 11.3. The third kappa shape index (κ3) is 3.48. The molecule has 0 bridgehead atoms. The van der Waals surface area contributed by atoms with Gasteiger partial charge in [-0.25, -0.2) is 9.98 Å². The Morgan fingerprint density at radius 1 is 1.53 bits per heavy atom. The molecule has 1 aliphatic rings. The molecule has 0 amide bonds. The molecule has 2 rings (SSSR count). The summed E-state index contributed by atoms with van der Waals surface area (Å²) >= 11 is 0. The van der Waals surface area contributed by atoms with Crippen molar-refractivity contribution in [1.82, 2.24) is 9.88 Å². The standard InChI is InChI=1S/C14H18N4O/c1-10(19)13-4-3-5-14(17-13)16-8-11-9-18(2)7-6-12(11)15/h3-5,8H,6-7,9,15H2,1-2H3/b16-8+. The number of nitrogens with zero attached hydrogens (tertiary/aromatic N) is 3. The van der Waals surface area contributed by atoms with Crippen molar-refractivity contribution >= 4 is 17.8 Å². The average molecular weight is 258 g/mol. The van der Waals surface area contributed by atoms with Gasteiger partial charge in [-0.15, -0.1) is 0 Å². The summed E-state index contributed by atoms with van der Waals surface area (Å²) in [5, 5.41) is 0. The maximum absolute atomic E-state index is 11.2. The molecule has 2 N–H and O–H groups in total. The summed E-state index contributed by atoms with van der Waals surface area (Å²) in [5.41, 5.74) is 8.30. The van der Waals surface area contributed by atoms with Gasteiger partial charge in [-0.3, -0.25) is 4.79 Å². The molecule has 100 valence electrons. The van der Waals surface area contributed by atoms with E-state index in [1.54, 1.807) is 24.4 Å². The molecular weight excluding hydrogens is 240 g/mol. The quantitative estimate of drug-likeness (QED) is 0.659. The van der Waals surface area contributed by atoms with E-state index in [1.807, 2.05) is 0 Å². The number of nitrogens with two attached hydrogens (primary N) is 1. The van der Waals surface area contributed by atoms with E-state index < -0.39 is 0 Å². The summed E-state index contributed by atoms with van der Waals surface area (Å²) in [7, 11) is 2.05. The van der Waals surface area contributed by atoms with E-state index in [0.717, 1.165) is 30.8 Å². The highest BCUT2D eigenvalue weighted by Crippen LogP contribution is 2.13. The van der Waals surface area contributed by atoms with Gasteiger partial charge in [-0.2, -0.15) is 0 Å². The summed E-state index contributed by atoms with van der Waals surface area (Å²) in [4.78, 5) is 21.9. The Morgan fingerprint density at radius 2 is 2.32 bits per heavy atom. The maximum Gasteiger partial charge on any atom is 0.178 e. The summed E-state index contributed by atoms with van der Waals surface area (Å²) in [5.74, 6) is 0.467. The first kappa shape index (κ1) is 13.4. The van der Waals surface area contributed by atoms with E-state index in [1.165, 1.54) is 6.92 Å². The summed E-state index contributed by atoms with van der Waals surface area (Å²) < 4.78 is 0. The predicted molar refractivity (Wildman–Crippen MR) is 75.7 cm³/mol. The van der Waals surface area contributed by atoms with Gasteiger partial charge in [0.1, 0.15) is 5.69 Å². The molecular formula is C14H18N4O. The van der Waals surface area contributed by atoms with Gasteiger partial charge in [-0.1, -0.05) is 6.07 Å². The molecule has 1 aromatic rings. The second kappa shape index (κ2) is 5.75. The van der Waals surface area contributed by atoms with Gasteiger partial charge in [0, 0.05) is 43.9 Å². The Kier molecular flexibility index (Phi) is 4.06. The van der Waals surface area contributed by atoms with Crippen LogP contribution in [-0.4, -0.2) is 42.0 Å². The molecule has 1 aliphatic heterocycles. The predicted octanol–water partition coefficient (Wildman–Crippen LogP) is 1.53. The smallest absolute Gasteiger partial charge is 0.178 e. The number of aromatic nitrogens is 1. The molecule has 19 heavy (non-hydrogen) atoms. The fourth-order valence-electron chi connectivity index (χ4n) is 1.90. The molecule has 5 nitrogen and oxygen atoms in total. The number of hydrogen-bond acceptors (Lipinski definition) is 5. The molecule has 0 spiro atoms. The van der Waals surface area contributed by atoms with Gasteiger partial charge in [0.25, 0.3) is 0 Å². The highest BCUT2D eigenvalue weighted by atomic mass is 16.1. The van der Waals surface area contributed by atoms with Gasteiger partial charge < -0.3 is 10.6 Å². The first-order valence-electron chi connectivity index (χ1n) is 6.24. The van der Waals surface area contributed by atoms with E-state index in [0.29, 0.717) is 11.5 Å². The van der Waals surface area contributed by atoms with E-state index >= 15 is 0 Å². The van der Waals surface area contributed by atoms with Gasteiger partial charge in [0.05, 0.1) is 0 Å². The third-order valence-corrected chi connectivity index (χ3v) is 3.06. The average Bonchev–Trinajstić information content (AvgIpc) is 2.40. The first-order valence-corrected chi connectivity index (χ1v) is 6.24. The van der Waals surface area contributed by atoms with Gasteiger partial charge in [0.2, 0.25) is 0 Å². The Balaban J connectivity index is 2.18. The van der Waals surface area contributed by atoms with Gasteiger partial charge in [0.15, 0.2) is 11.6 Å². The molecule has 0 saturated carbocycles. The first-order chi connectivity index (χ1) is 9.06. The lowest BCUT2D eigenvalue weighted by molar-refractivity contribution is 0.101. The Hall–Kier alpha value is -2.01. The van der Waals surface area contributed by atoms with Crippen LogP contribution < -0.4 is 5.73 Å². The van der Waals surface area contributed by atoms with Crippen LogP contribution in [0.5, 0.6) is 0 Å². The van der Waals surface area contributed by atoms with Crippen LogP contribution in [-0.2, 0) is 0 Å². The number of Topliss-reactive ketones (excluding diaryl/α,β-unsaturated/α-hetero) is 1. The zero-order valence-electron chi connectivity index (χ0n) is 11.3. The molecule has 0 aromatic carbocycles. The number of aliphatic imine (C=N–C) groups is 1. The number of carbonyl (C=O) groups is 1. The molecule has 0 saturated heterocycles. The van der Waals surface area contributed by atoms with Crippen LogP contribution in [0.1, 0.15) is 23.8 Å². The van der Waals surface area contributed by atoms with Crippen LogP contribution in [0.2, 0.25) is 0 Å². The lowest BCUT2D eigenvalue weighted by Crippen LogP contribution is -2.30. The van der Waals surface area contributed by atoms with Crippen molar-refractivity contribution < 1.29 is 4.79 Å². The van der Waals surface area contributed by atoms with Crippen molar-refractivity contribution in [3.05, 3.63) is 35.2 Å². The van der Waals surface area contributed by atoms with E-state index in [2.05, 4.69) is 21.9 Å². The highest BCUT2D eigenvalue weighted by molar-refractivity contribution is 5.92. The van der Waals surface area contributed by atoms with Crippen LogP contribution in [0.4, 0.5) is 5.82 Å².